The molecule has 2 N–H and O–H groups in total. The van der Waals surface area contributed by atoms with Crippen LogP contribution >= 0.6 is 15.9 Å². The number of nitrogens with two attached hydrogens (primary N) is 1. The molecule has 0 amide bonds. The Bertz CT molecular complexity index is 328. The summed E-state index contributed by atoms with van der Waals surface area (Å²) in [5, 5.41) is 0. The van der Waals surface area contributed by atoms with Gasteiger partial charge in [-0.25, -0.2) is 9.97 Å². The molecule has 0 unspecified atom stereocenters. The SMILES string of the molecule is Nc1ncc(Br)nc1OCC1CCC1. The molecule has 1 aromatic heterocycles. The minimum atomic E-state index is 0.354. The highest BCUT2D eigenvalue weighted by Gasteiger charge is 2.18. The van der Waals surface area contributed by atoms with Crippen molar-refractivity contribution in [2.24, 2.45) is 5.92 Å². The molecule has 76 valence electrons. The fraction of sp³-hybridized carbons (Fsp3) is 0.556. The van der Waals surface area contributed by atoms with Gasteiger partial charge in [-0.3, -0.25) is 0 Å². The molecular weight excluding hydrogens is 246 g/mol. The van der Waals surface area contributed by atoms with Crippen molar-refractivity contribution in [2.75, 3.05) is 12.3 Å². The minimum Gasteiger partial charge on any atom is -0.475 e. The molecule has 1 aliphatic rings. The highest BCUT2D eigenvalue weighted by atomic mass is 79.9. The zero-order valence-electron chi connectivity index (χ0n) is 7.74. The molecule has 2 rings (SSSR count). The smallest absolute Gasteiger partial charge is 0.258 e. The van der Waals surface area contributed by atoms with Crippen molar-refractivity contribution in [2.45, 2.75) is 19.3 Å². The van der Waals surface area contributed by atoms with Crippen molar-refractivity contribution >= 4 is 21.7 Å². The maximum absolute atomic E-state index is 5.62. The van der Waals surface area contributed by atoms with Crippen molar-refractivity contribution in [3.63, 3.8) is 0 Å². The molecule has 14 heavy (non-hydrogen) atoms. The summed E-state index contributed by atoms with van der Waals surface area (Å²) >= 11 is 3.23. The standard InChI is InChI=1S/C9H12BrN3O/c10-7-4-12-8(11)9(13-7)14-5-6-2-1-3-6/h4,6H,1-3,5H2,(H2,11,12). The van der Waals surface area contributed by atoms with Crippen molar-refractivity contribution < 1.29 is 4.74 Å². The van der Waals surface area contributed by atoms with Crippen LogP contribution in [0.2, 0.25) is 0 Å². The Morgan fingerprint density at radius 3 is 3.00 bits per heavy atom. The first-order chi connectivity index (χ1) is 6.75. The molecule has 0 aliphatic heterocycles. The highest BCUT2D eigenvalue weighted by Crippen LogP contribution is 2.27. The second-order valence-corrected chi connectivity index (χ2v) is 4.30. The normalized spacial score (nSPS) is 16.4. The third kappa shape index (κ3) is 2.15. The lowest BCUT2D eigenvalue weighted by atomic mass is 9.86. The van der Waals surface area contributed by atoms with Crippen molar-refractivity contribution in [1.29, 1.82) is 0 Å². The predicted octanol–water partition coefficient (Wildman–Crippen LogP) is 2.00. The third-order valence-electron chi connectivity index (χ3n) is 2.42. The van der Waals surface area contributed by atoms with Gasteiger partial charge in [-0.05, 0) is 34.7 Å². The molecule has 1 aliphatic carbocycles. The monoisotopic (exact) mass is 257 g/mol. The molecule has 1 aromatic rings. The van der Waals surface area contributed by atoms with Crippen LogP contribution in [0.3, 0.4) is 0 Å². The molecule has 0 aromatic carbocycles. The zero-order valence-corrected chi connectivity index (χ0v) is 9.33. The lowest BCUT2D eigenvalue weighted by Crippen LogP contribution is -2.20. The fourth-order valence-electron chi connectivity index (χ4n) is 1.32. The summed E-state index contributed by atoms with van der Waals surface area (Å²) in [6.45, 7) is 0.704. The first kappa shape index (κ1) is 9.71. The molecule has 0 bridgehead atoms. The molecule has 0 radical (unpaired) electrons. The number of nitrogens with zero attached hydrogens (tertiary/aromatic N) is 2. The third-order valence-corrected chi connectivity index (χ3v) is 2.80. The minimum absolute atomic E-state index is 0.354. The number of halogens is 1. The number of anilines is 1. The van der Waals surface area contributed by atoms with Gasteiger partial charge in [0.05, 0.1) is 12.8 Å². The van der Waals surface area contributed by atoms with Crippen LogP contribution in [0.25, 0.3) is 0 Å². The van der Waals surface area contributed by atoms with Gasteiger partial charge in [0, 0.05) is 0 Å². The van der Waals surface area contributed by atoms with Crippen molar-refractivity contribution in [1.82, 2.24) is 9.97 Å². The van der Waals surface area contributed by atoms with E-state index in [2.05, 4.69) is 25.9 Å². The van der Waals surface area contributed by atoms with E-state index >= 15 is 0 Å². The number of hydrogen-bond donors (Lipinski definition) is 1. The van der Waals surface area contributed by atoms with Gasteiger partial charge in [0.1, 0.15) is 4.60 Å². The van der Waals surface area contributed by atoms with Crippen LogP contribution < -0.4 is 10.5 Å². The van der Waals surface area contributed by atoms with E-state index in [0.717, 1.165) is 0 Å². The Balaban J connectivity index is 1.96. The Morgan fingerprint density at radius 2 is 2.36 bits per heavy atom. The first-order valence-electron chi connectivity index (χ1n) is 4.66. The van der Waals surface area contributed by atoms with E-state index in [1.54, 1.807) is 6.20 Å². The van der Waals surface area contributed by atoms with E-state index in [1.165, 1.54) is 19.3 Å². The maximum Gasteiger partial charge on any atom is 0.258 e. The van der Waals surface area contributed by atoms with Crippen molar-refractivity contribution in [3.8, 4) is 5.88 Å². The zero-order chi connectivity index (χ0) is 9.97. The van der Waals surface area contributed by atoms with Gasteiger partial charge in [0.15, 0.2) is 5.82 Å². The molecule has 4 nitrogen and oxygen atoms in total. The lowest BCUT2D eigenvalue weighted by Gasteiger charge is -2.24. The van der Waals surface area contributed by atoms with Gasteiger partial charge in [0.25, 0.3) is 5.88 Å². The largest absolute Gasteiger partial charge is 0.475 e. The molecular formula is C9H12BrN3O. The van der Waals surface area contributed by atoms with E-state index in [-0.39, 0.29) is 0 Å². The first-order valence-corrected chi connectivity index (χ1v) is 5.46. The van der Waals surface area contributed by atoms with Gasteiger partial charge in [0.2, 0.25) is 0 Å². The van der Waals surface area contributed by atoms with Gasteiger partial charge in [-0.2, -0.15) is 0 Å². The van der Waals surface area contributed by atoms with E-state index in [0.29, 0.717) is 28.8 Å². The second-order valence-electron chi connectivity index (χ2n) is 3.49. The summed E-state index contributed by atoms with van der Waals surface area (Å²) < 4.78 is 6.14. The van der Waals surface area contributed by atoms with Gasteiger partial charge in [-0.1, -0.05) is 6.42 Å². The molecule has 0 spiro atoms. The topological polar surface area (TPSA) is 61.0 Å². The van der Waals surface area contributed by atoms with Crippen LogP contribution in [0.15, 0.2) is 10.8 Å². The lowest BCUT2D eigenvalue weighted by molar-refractivity contribution is 0.176. The number of rotatable bonds is 3. The van der Waals surface area contributed by atoms with E-state index < -0.39 is 0 Å². The van der Waals surface area contributed by atoms with Crippen LogP contribution in [0.5, 0.6) is 5.88 Å². The Kier molecular flexibility index (Phi) is 2.86. The number of aromatic nitrogens is 2. The average Bonchev–Trinajstić information content (AvgIpc) is 2.08. The number of ether oxygens (including phenoxy) is 1. The van der Waals surface area contributed by atoms with E-state index in [1.807, 2.05) is 0 Å². The molecule has 1 saturated carbocycles. The Labute approximate surface area is 91.0 Å². The van der Waals surface area contributed by atoms with Gasteiger partial charge < -0.3 is 10.5 Å². The summed E-state index contributed by atoms with van der Waals surface area (Å²) in [5.41, 5.74) is 5.62. The number of hydrogen-bond acceptors (Lipinski definition) is 4. The fourth-order valence-corrected chi connectivity index (χ4v) is 1.59. The van der Waals surface area contributed by atoms with Crippen molar-refractivity contribution in [3.05, 3.63) is 10.8 Å². The summed E-state index contributed by atoms with van der Waals surface area (Å²) in [6, 6.07) is 0. The second kappa shape index (κ2) is 4.13. The molecule has 0 saturated heterocycles. The van der Waals surface area contributed by atoms with Gasteiger partial charge in [-0.15, -0.1) is 0 Å². The van der Waals surface area contributed by atoms with Gasteiger partial charge >= 0.3 is 0 Å². The summed E-state index contributed by atoms with van der Waals surface area (Å²) in [6.07, 6.45) is 5.38. The summed E-state index contributed by atoms with van der Waals surface area (Å²) in [4.78, 5) is 8.05. The van der Waals surface area contributed by atoms with Crippen LogP contribution in [-0.4, -0.2) is 16.6 Å². The van der Waals surface area contributed by atoms with Crippen LogP contribution in [0.4, 0.5) is 5.82 Å². The summed E-state index contributed by atoms with van der Waals surface area (Å²) in [7, 11) is 0. The Morgan fingerprint density at radius 1 is 1.57 bits per heavy atom. The average molecular weight is 258 g/mol. The van der Waals surface area contributed by atoms with Crippen LogP contribution in [-0.2, 0) is 0 Å². The van der Waals surface area contributed by atoms with Crippen LogP contribution in [0.1, 0.15) is 19.3 Å². The molecule has 1 fully saturated rings. The molecule has 5 heteroatoms. The molecule has 1 heterocycles. The van der Waals surface area contributed by atoms with Crippen LogP contribution in [0, 0.1) is 5.92 Å². The Hall–Kier alpha value is -0.840. The number of nitrogen functional groups attached to an aromatic ring is 1. The summed E-state index contributed by atoms with van der Waals surface area (Å²) in [5.74, 6) is 1.47. The predicted molar refractivity (Wildman–Crippen MR) is 57.0 cm³/mol. The maximum atomic E-state index is 5.62. The quantitative estimate of drug-likeness (QED) is 0.900. The van der Waals surface area contributed by atoms with E-state index in [4.69, 9.17) is 10.5 Å². The highest BCUT2D eigenvalue weighted by molar-refractivity contribution is 9.10. The molecule has 0 atom stereocenters. The van der Waals surface area contributed by atoms with E-state index in [9.17, 15) is 0 Å².